The minimum Gasteiger partial charge on any atom is -0.307 e. The maximum atomic E-state index is 13.2. The van der Waals surface area contributed by atoms with E-state index in [1.165, 1.54) is 0 Å². The van der Waals surface area contributed by atoms with Crippen LogP contribution in [0.3, 0.4) is 0 Å². The monoisotopic (exact) mass is 283 g/mol. The Labute approximate surface area is 115 Å². The van der Waals surface area contributed by atoms with Crippen molar-refractivity contribution in [2.45, 2.75) is 32.0 Å². The number of benzene rings is 1. The van der Waals surface area contributed by atoms with Crippen LogP contribution >= 0.6 is 7.60 Å². The predicted molar refractivity (Wildman–Crippen MR) is 76.2 cm³/mol. The van der Waals surface area contributed by atoms with Gasteiger partial charge in [-0.1, -0.05) is 30.3 Å². The highest BCUT2D eigenvalue weighted by atomic mass is 31.2. The lowest BCUT2D eigenvalue weighted by Crippen LogP contribution is -2.38. The molecule has 1 fully saturated rings. The van der Waals surface area contributed by atoms with Crippen molar-refractivity contribution >= 4 is 7.60 Å². The lowest BCUT2D eigenvalue weighted by Gasteiger charge is -2.36. The molecular weight excluding hydrogens is 261 g/mol. The number of rotatable bonds is 6. The fourth-order valence-electron chi connectivity index (χ4n) is 2.68. The topological polar surface area (TPSA) is 47.6 Å². The van der Waals surface area contributed by atoms with Crippen molar-refractivity contribution in [1.82, 2.24) is 5.32 Å². The smallest absolute Gasteiger partial charge is 0.307 e. The number of hydrogen-bond donors (Lipinski definition) is 1. The van der Waals surface area contributed by atoms with Crippen LogP contribution in [0.1, 0.15) is 32.3 Å². The summed E-state index contributed by atoms with van der Waals surface area (Å²) in [5.74, 6) is 0. The van der Waals surface area contributed by atoms with E-state index in [9.17, 15) is 4.57 Å². The summed E-state index contributed by atoms with van der Waals surface area (Å²) < 4.78 is 24.4. The van der Waals surface area contributed by atoms with Gasteiger partial charge in [-0.2, -0.15) is 0 Å². The van der Waals surface area contributed by atoms with E-state index in [-0.39, 0.29) is 0 Å². The Bertz CT molecular complexity index is 433. The Hall–Kier alpha value is -0.670. The van der Waals surface area contributed by atoms with Crippen LogP contribution in [0.25, 0.3) is 0 Å². The van der Waals surface area contributed by atoms with E-state index in [4.69, 9.17) is 9.05 Å². The molecule has 2 rings (SSSR count). The number of hydrogen-bond acceptors (Lipinski definition) is 4. The van der Waals surface area contributed by atoms with Crippen molar-refractivity contribution in [3.05, 3.63) is 35.9 Å². The Morgan fingerprint density at radius 1 is 1.21 bits per heavy atom. The second-order valence-electron chi connectivity index (χ2n) is 4.59. The second-order valence-corrected chi connectivity index (χ2v) is 6.86. The largest absolute Gasteiger partial charge is 0.355 e. The van der Waals surface area contributed by atoms with Gasteiger partial charge in [0.05, 0.1) is 13.2 Å². The summed E-state index contributed by atoms with van der Waals surface area (Å²) >= 11 is 0. The highest BCUT2D eigenvalue weighted by Crippen LogP contribution is 2.66. The van der Waals surface area contributed by atoms with Crippen molar-refractivity contribution in [2.24, 2.45) is 0 Å². The van der Waals surface area contributed by atoms with Crippen LogP contribution in [0.5, 0.6) is 0 Å². The lowest BCUT2D eigenvalue weighted by molar-refractivity contribution is 0.190. The fourth-order valence-corrected chi connectivity index (χ4v) is 5.08. The molecule has 0 amide bonds. The van der Waals surface area contributed by atoms with Gasteiger partial charge in [0, 0.05) is 0 Å². The molecule has 0 aromatic heterocycles. The molecule has 0 radical (unpaired) electrons. The van der Waals surface area contributed by atoms with Gasteiger partial charge >= 0.3 is 7.60 Å². The van der Waals surface area contributed by atoms with Gasteiger partial charge in [-0.15, -0.1) is 0 Å². The predicted octanol–water partition coefficient (Wildman–Crippen LogP) is 3.49. The first-order chi connectivity index (χ1) is 9.18. The molecule has 1 saturated heterocycles. The molecular formula is C14H22NO3P. The molecule has 1 aliphatic heterocycles. The van der Waals surface area contributed by atoms with Gasteiger partial charge in [0.2, 0.25) is 0 Å². The third kappa shape index (κ3) is 2.63. The summed E-state index contributed by atoms with van der Waals surface area (Å²) in [6.07, 6.45) is 1.74. The van der Waals surface area contributed by atoms with Crippen LogP contribution in [0.4, 0.5) is 0 Å². The Kier molecular flexibility index (Phi) is 4.80. The quantitative estimate of drug-likeness (QED) is 0.812. The van der Waals surface area contributed by atoms with Gasteiger partial charge in [0.15, 0.2) is 0 Å². The van der Waals surface area contributed by atoms with Crippen LogP contribution < -0.4 is 5.32 Å². The first kappa shape index (κ1) is 14.7. The number of nitrogens with one attached hydrogen (secondary N) is 1. The van der Waals surface area contributed by atoms with Gasteiger partial charge in [-0.05, 0) is 38.8 Å². The van der Waals surface area contributed by atoms with Gasteiger partial charge in [0.1, 0.15) is 5.28 Å². The van der Waals surface area contributed by atoms with Crippen LogP contribution in [0, 0.1) is 0 Å². The lowest BCUT2D eigenvalue weighted by atomic mass is 10.0. The van der Waals surface area contributed by atoms with Crippen molar-refractivity contribution in [3.63, 3.8) is 0 Å². The Morgan fingerprint density at radius 2 is 1.84 bits per heavy atom. The normalized spacial score (nSPS) is 23.7. The highest BCUT2D eigenvalue weighted by Gasteiger charge is 2.53. The second kappa shape index (κ2) is 6.19. The minimum atomic E-state index is -3.23. The third-order valence-corrected chi connectivity index (χ3v) is 6.22. The molecule has 1 aromatic carbocycles. The SMILES string of the molecule is CCOP(=O)(OCC)[C@@]1(c2ccccc2)CCCN1. The zero-order valence-corrected chi connectivity index (χ0v) is 12.5. The van der Waals surface area contributed by atoms with E-state index < -0.39 is 12.9 Å². The van der Waals surface area contributed by atoms with Gasteiger partial charge in [0.25, 0.3) is 0 Å². The van der Waals surface area contributed by atoms with E-state index in [1.807, 2.05) is 44.2 Å². The van der Waals surface area contributed by atoms with E-state index in [2.05, 4.69) is 5.32 Å². The van der Waals surface area contributed by atoms with E-state index in [1.54, 1.807) is 0 Å². The average Bonchev–Trinajstić information content (AvgIpc) is 2.91. The first-order valence-corrected chi connectivity index (χ1v) is 8.42. The van der Waals surface area contributed by atoms with E-state index in [0.717, 1.165) is 24.9 Å². The molecule has 1 N–H and O–H groups in total. The molecule has 0 unspecified atom stereocenters. The highest BCUT2D eigenvalue weighted by molar-refractivity contribution is 7.55. The molecule has 1 aromatic rings. The summed E-state index contributed by atoms with van der Waals surface area (Å²) in [6, 6.07) is 9.85. The Balaban J connectivity index is 2.46. The molecule has 1 aliphatic rings. The molecule has 0 spiro atoms. The van der Waals surface area contributed by atoms with Crippen molar-refractivity contribution in [3.8, 4) is 0 Å². The summed E-state index contributed by atoms with van der Waals surface area (Å²) in [7, 11) is -3.23. The first-order valence-electron chi connectivity index (χ1n) is 6.88. The molecule has 0 bridgehead atoms. The molecule has 5 heteroatoms. The maximum Gasteiger partial charge on any atom is 0.355 e. The molecule has 0 saturated carbocycles. The van der Waals surface area contributed by atoms with Crippen LogP contribution in [0.15, 0.2) is 30.3 Å². The molecule has 0 aliphatic carbocycles. The molecule has 1 heterocycles. The molecule has 4 nitrogen and oxygen atoms in total. The summed E-state index contributed by atoms with van der Waals surface area (Å²) in [5, 5.41) is 2.69. The van der Waals surface area contributed by atoms with Crippen molar-refractivity contribution in [1.29, 1.82) is 0 Å². The summed E-state index contributed by atoms with van der Waals surface area (Å²) in [5.41, 5.74) is 0.984. The van der Waals surface area contributed by atoms with Crippen molar-refractivity contribution < 1.29 is 13.6 Å². The summed E-state index contributed by atoms with van der Waals surface area (Å²) in [4.78, 5) is 0. The standard InChI is InChI=1S/C14H22NO3P/c1-3-17-19(16,18-4-2)14(11-8-12-15-14)13-9-6-5-7-10-13/h5-7,9-10,15H,3-4,8,11-12H2,1-2H3/t14-/m1/s1. The van der Waals surface area contributed by atoms with Crippen LogP contribution in [-0.2, 0) is 18.9 Å². The van der Waals surface area contributed by atoms with Gasteiger partial charge in [-0.25, -0.2) is 0 Å². The fraction of sp³-hybridized carbons (Fsp3) is 0.571. The zero-order valence-electron chi connectivity index (χ0n) is 11.6. The van der Waals surface area contributed by atoms with Gasteiger partial charge in [-0.3, -0.25) is 9.88 Å². The van der Waals surface area contributed by atoms with Crippen LogP contribution in [0.2, 0.25) is 0 Å². The minimum absolute atomic E-state index is 0.382. The van der Waals surface area contributed by atoms with Crippen molar-refractivity contribution in [2.75, 3.05) is 19.8 Å². The maximum absolute atomic E-state index is 13.2. The average molecular weight is 283 g/mol. The van der Waals surface area contributed by atoms with E-state index >= 15 is 0 Å². The molecule has 1 atom stereocenters. The summed E-state index contributed by atoms with van der Waals surface area (Å²) in [6.45, 7) is 5.29. The van der Waals surface area contributed by atoms with E-state index in [0.29, 0.717) is 13.2 Å². The van der Waals surface area contributed by atoms with Gasteiger partial charge < -0.3 is 9.05 Å². The Morgan fingerprint density at radius 3 is 2.32 bits per heavy atom. The molecule has 106 valence electrons. The molecule has 19 heavy (non-hydrogen) atoms. The van der Waals surface area contributed by atoms with Crippen LogP contribution in [-0.4, -0.2) is 19.8 Å². The third-order valence-electron chi connectivity index (χ3n) is 3.45. The zero-order chi connectivity index (χ0) is 13.8.